The van der Waals surface area contributed by atoms with Crippen molar-refractivity contribution in [3.63, 3.8) is 0 Å². The summed E-state index contributed by atoms with van der Waals surface area (Å²) in [6.45, 7) is 4.14. The molecule has 1 nitrogen and oxygen atoms in total. The Labute approximate surface area is 105 Å². The number of nitrogens with zero attached hydrogens (tertiary/aromatic N) is 1. The van der Waals surface area contributed by atoms with Crippen molar-refractivity contribution >= 4 is 31.5 Å². The van der Waals surface area contributed by atoms with Crippen LogP contribution < -0.4 is 12.4 Å². The van der Waals surface area contributed by atoms with Crippen LogP contribution in [0.15, 0.2) is 30.3 Å². The summed E-state index contributed by atoms with van der Waals surface area (Å²) in [4.78, 5) is 4.51. The van der Waals surface area contributed by atoms with E-state index in [1.807, 2.05) is 11.3 Å². The van der Waals surface area contributed by atoms with Crippen molar-refractivity contribution < 1.29 is 12.4 Å². The van der Waals surface area contributed by atoms with Crippen LogP contribution in [0.1, 0.15) is 11.4 Å². The van der Waals surface area contributed by atoms with Gasteiger partial charge in [-0.2, -0.15) is 0 Å². The first-order valence-electron chi connectivity index (χ1n) is 5.01. The number of pyridine rings is 1. The van der Waals surface area contributed by atoms with Crippen LogP contribution in [-0.2, 0) is 0 Å². The first-order chi connectivity index (χ1) is 7.25. The maximum Gasteiger partial charge on any atom is 0.0568 e. The highest BCUT2D eigenvalue weighted by Gasteiger charge is 2.07. The Morgan fingerprint density at radius 3 is 2.62 bits per heavy atom. The minimum Gasteiger partial charge on any atom is -1.00 e. The Hall–Kier alpha value is -1.12. The molecule has 2 heterocycles. The molecular formula is C13H11ClNS-. The van der Waals surface area contributed by atoms with Gasteiger partial charge in [-0.15, -0.1) is 11.3 Å². The van der Waals surface area contributed by atoms with E-state index in [0.717, 1.165) is 11.4 Å². The minimum atomic E-state index is 0. The predicted octanol–water partition coefficient (Wildman–Crippen LogP) is 1.07. The largest absolute Gasteiger partial charge is 1.00 e. The number of fused-ring (bicyclic) bond motifs is 3. The van der Waals surface area contributed by atoms with Gasteiger partial charge in [0.25, 0.3) is 0 Å². The lowest BCUT2D eigenvalue weighted by Gasteiger charge is -1.97. The maximum absolute atomic E-state index is 4.51. The van der Waals surface area contributed by atoms with Gasteiger partial charge in [0.15, 0.2) is 0 Å². The van der Waals surface area contributed by atoms with Crippen LogP contribution in [0.5, 0.6) is 0 Å². The van der Waals surface area contributed by atoms with Gasteiger partial charge in [0, 0.05) is 21.2 Å². The van der Waals surface area contributed by atoms with Crippen LogP contribution in [0, 0.1) is 13.8 Å². The second-order valence-electron chi connectivity index (χ2n) is 3.82. The Morgan fingerprint density at radius 2 is 1.81 bits per heavy atom. The molecule has 16 heavy (non-hydrogen) atoms. The zero-order chi connectivity index (χ0) is 10.4. The SMILES string of the molecule is Cc1cc2c(sc3ccccc32)c(C)n1.[Cl-]. The third-order valence-electron chi connectivity index (χ3n) is 2.66. The average molecular weight is 249 g/mol. The third-order valence-corrected chi connectivity index (χ3v) is 3.96. The van der Waals surface area contributed by atoms with Crippen molar-refractivity contribution in [2.75, 3.05) is 0 Å². The van der Waals surface area contributed by atoms with E-state index >= 15 is 0 Å². The van der Waals surface area contributed by atoms with Crippen molar-refractivity contribution in [3.8, 4) is 0 Å². The summed E-state index contributed by atoms with van der Waals surface area (Å²) in [5, 5.41) is 2.70. The van der Waals surface area contributed by atoms with E-state index in [2.05, 4.69) is 49.2 Å². The fourth-order valence-electron chi connectivity index (χ4n) is 2.03. The summed E-state index contributed by atoms with van der Waals surface area (Å²) in [6.07, 6.45) is 0. The summed E-state index contributed by atoms with van der Waals surface area (Å²) in [6, 6.07) is 10.7. The molecule has 82 valence electrons. The van der Waals surface area contributed by atoms with Gasteiger partial charge in [-0.1, -0.05) is 18.2 Å². The van der Waals surface area contributed by atoms with E-state index in [1.165, 1.54) is 20.2 Å². The van der Waals surface area contributed by atoms with Crippen molar-refractivity contribution in [3.05, 3.63) is 41.7 Å². The Morgan fingerprint density at radius 1 is 1.06 bits per heavy atom. The number of aryl methyl sites for hydroxylation is 2. The lowest BCUT2D eigenvalue weighted by molar-refractivity contribution is -0.00000305. The quantitative estimate of drug-likeness (QED) is 0.580. The van der Waals surface area contributed by atoms with Crippen LogP contribution in [0.25, 0.3) is 20.2 Å². The van der Waals surface area contributed by atoms with Crippen molar-refractivity contribution in [2.24, 2.45) is 0 Å². The monoisotopic (exact) mass is 248 g/mol. The van der Waals surface area contributed by atoms with Gasteiger partial charge in [0.1, 0.15) is 0 Å². The van der Waals surface area contributed by atoms with Crippen LogP contribution in [-0.4, -0.2) is 4.98 Å². The molecule has 0 aliphatic rings. The molecule has 0 saturated carbocycles. The molecule has 3 rings (SSSR count). The topological polar surface area (TPSA) is 12.9 Å². The summed E-state index contributed by atoms with van der Waals surface area (Å²) < 4.78 is 2.67. The molecule has 0 aliphatic carbocycles. The number of hydrogen-bond acceptors (Lipinski definition) is 2. The molecule has 3 aromatic rings. The van der Waals surface area contributed by atoms with Crippen LogP contribution >= 0.6 is 11.3 Å². The minimum absolute atomic E-state index is 0. The molecule has 0 fully saturated rings. The van der Waals surface area contributed by atoms with E-state index in [4.69, 9.17) is 0 Å². The Kier molecular flexibility index (Phi) is 2.87. The van der Waals surface area contributed by atoms with Gasteiger partial charge < -0.3 is 12.4 Å². The Bertz CT molecular complexity index is 657. The summed E-state index contributed by atoms with van der Waals surface area (Å²) in [5.74, 6) is 0. The van der Waals surface area contributed by atoms with E-state index < -0.39 is 0 Å². The van der Waals surface area contributed by atoms with Gasteiger partial charge in [-0.3, -0.25) is 4.98 Å². The van der Waals surface area contributed by atoms with Crippen LogP contribution in [0.3, 0.4) is 0 Å². The molecule has 3 heteroatoms. The standard InChI is InChI=1S/C13H11NS.ClH/c1-8-7-11-10-5-3-4-6-12(10)15-13(11)9(2)14-8;/h3-7H,1-2H3;1H/p-1. The molecule has 0 atom stereocenters. The van der Waals surface area contributed by atoms with Gasteiger partial charge in [-0.05, 0) is 26.0 Å². The number of aromatic nitrogens is 1. The fraction of sp³-hybridized carbons (Fsp3) is 0.154. The van der Waals surface area contributed by atoms with Crippen molar-refractivity contribution in [1.29, 1.82) is 0 Å². The summed E-state index contributed by atoms with van der Waals surface area (Å²) in [7, 11) is 0. The van der Waals surface area contributed by atoms with E-state index in [1.54, 1.807) is 0 Å². The molecule has 1 aromatic carbocycles. The fourth-order valence-corrected chi connectivity index (χ4v) is 3.16. The van der Waals surface area contributed by atoms with Gasteiger partial charge in [0.2, 0.25) is 0 Å². The predicted molar refractivity (Wildman–Crippen MR) is 66.6 cm³/mol. The molecule has 0 N–H and O–H groups in total. The first kappa shape index (κ1) is 11.4. The van der Waals surface area contributed by atoms with E-state index in [-0.39, 0.29) is 12.4 Å². The zero-order valence-corrected chi connectivity index (χ0v) is 10.7. The van der Waals surface area contributed by atoms with Gasteiger partial charge in [0.05, 0.1) is 10.4 Å². The molecule has 0 radical (unpaired) electrons. The first-order valence-corrected chi connectivity index (χ1v) is 5.83. The highest BCUT2D eigenvalue weighted by atomic mass is 35.5. The molecule has 0 bridgehead atoms. The second-order valence-corrected chi connectivity index (χ2v) is 4.88. The summed E-state index contributed by atoms with van der Waals surface area (Å²) in [5.41, 5.74) is 2.25. The maximum atomic E-state index is 4.51. The van der Waals surface area contributed by atoms with Crippen LogP contribution in [0.2, 0.25) is 0 Å². The molecule has 0 saturated heterocycles. The zero-order valence-electron chi connectivity index (χ0n) is 9.12. The highest BCUT2D eigenvalue weighted by molar-refractivity contribution is 7.26. The molecule has 0 spiro atoms. The number of hydrogen-bond donors (Lipinski definition) is 0. The van der Waals surface area contributed by atoms with Crippen molar-refractivity contribution in [1.82, 2.24) is 4.98 Å². The lowest BCUT2D eigenvalue weighted by atomic mass is 10.1. The highest BCUT2D eigenvalue weighted by Crippen LogP contribution is 2.35. The molecule has 0 unspecified atom stereocenters. The molecule has 0 amide bonds. The normalized spacial score (nSPS) is 10.6. The lowest BCUT2D eigenvalue weighted by Crippen LogP contribution is -3.00. The van der Waals surface area contributed by atoms with Crippen molar-refractivity contribution in [2.45, 2.75) is 13.8 Å². The number of rotatable bonds is 0. The van der Waals surface area contributed by atoms with Crippen LogP contribution in [0.4, 0.5) is 0 Å². The molecular weight excluding hydrogens is 238 g/mol. The smallest absolute Gasteiger partial charge is 0.0568 e. The van der Waals surface area contributed by atoms with Gasteiger partial charge in [-0.25, -0.2) is 0 Å². The number of halogens is 1. The number of benzene rings is 1. The van der Waals surface area contributed by atoms with E-state index in [0.29, 0.717) is 0 Å². The summed E-state index contributed by atoms with van der Waals surface area (Å²) >= 11 is 1.83. The number of thiophene rings is 1. The average Bonchev–Trinajstić information content (AvgIpc) is 2.57. The second kappa shape index (κ2) is 4.04. The van der Waals surface area contributed by atoms with E-state index in [9.17, 15) is 0 Å². The third kappa shape index (κ3) is 1.58. The molecule has 2 aromatic heterocycles. The Balaban J connectivity index is 0.000000963. The van der Waals surface area contributed by atoms with Gasteiger partial charge >= 0.3 is 0 Å². The molecule has 0 aliphatic heterocycles.